The Kier molecular flexibility index (Phi) is 4.59. The molecule has 3 nitrogen and oxygen atoms in total. The van der Waals surface area contributed by atoms with Gasteiger partial charge in [0.1, 0.15) is 0 Å². The average Bonchev–Trinajstić information content (AvgIpc) is 2.96. The molecule has 6 heteroatoms. The van der Waals surface area contributed by atoms with Crippen molar-refractivity contribution in [1.29, 1.82) is 0 Å². The molecular weight excluding hydrogens is 338 g/mol. The molecule has 0 spiro atoms. The first-order valence-corrected chi connectivity index (χ1v) is 10.2. The number of thiophene rings is 1. The normalized spacial score (nSPS) is 19.1. The maximum absolute atomic E-state index is 12.4. The first-order valence-electron chi connectivity index (χ1n) is 7.26. The molecule has 0 aliphatic carbocycles. The number of fused-ring (bicyclic) bond motifs is 1. The van der Waals surface area contributed by atoms with E-state index in [1.165, 1.54) is 10.4 Å². The Hall–Kier alpha value is -0.880. The van der Waals surface area contributed by atoms with Gasteiger partial charge in [0, 0.05) is 29.0 Å². The highest BCUT2D eigenvalue weighted by Crippen LogP contribution is 2.32. The van der Waals surface area contributed by atoms with Crippen LogP contribution in [-0.2, 0) is 16.3 Å². The van der Waals surface area contributed by atoms with E-state index < -0.39 is 9.84 Å². The predicted octanol–water partition coefficient (Wildman–Crippen LogP) is 3.79. The van der Waals surface area contributed by atoms with Gasteiger partial charge in [0.2, 0.25) is 0 Å². The smallest absolute Gasteiger partial charge is 0.179 e. The summed E-state index contributed by atoms with van der Waals surface area (Å²) < 4.78 is 24.8. The van der Waals surface area contributed by atoms with Crippen molar-refractivity contribution in [2.45, 2.75) is 24.3 Å². The van der Waals surface area contributed by atoms with E-state index in [-0.39, 0.29) is 11.8 Å². The summed E-state index contributed by atoms with van der Waals surface area (Å²) in [6, 6.07) is 8.84. The minimum absolute atomic E-state index is 0.137. The standard InChI is InChI=1S/C16H18ClNO2S2/c1-12-15-7-10-21-16(15)6-8-18(12)9-11-22(19,20)14-4-2-13(17)3-5-14/h2-5,7,10,12H,6,8-9,11H2,1H3. The zero-order chi connectivity index (χ0) is 15.7. The first-order chi connectivity index (χ1) is 10.5. The van der Waals surface area contributed by atoms with E-state index in [0.717, 1.165) is 13.0 Å². The molecule has 1 atom stereocenters. The van der Waals surface area contributed by atoms with Crippen molar-refractivity contribution in [3.63, 3.8) is 0 Å². The van der Waals surface area contributed by atoms with E-state index in [0.29, 0.717) is 16.5 Å². The van der Waals surface area contributed by atoms with Crippen molar-refractivity contribution in [2.24, 2.45) is 0 Å². The van der Waals surface area contributed by atoms with Gasteiger partial charge in [-0.25, -0.2) is 8.42 Å². The number of halogens is 1. The van der Waals surface area contributed by atoms with Gasteiger partial charge in [0.05, 0.1) is 10.6 Å². The van der Waals surface area contributed by atoms with Crippen molar-refractivity contribution in [3.8, 4) is 0 Å². The number of sulfone groups is 1. The van der Waals surface area contributed by atoms with Gasteiger partial charge >= 0.3 is 0 Å². The summed E-state index contributed by atoms with van der Waals surface area (Å²) in [6.07, 6.45) is 1.01. The fourth-order valence-electron chi connectivity index (χ4n) is 2.86. The summed E-state index contributed by atoms with van der Waals surface area (Å²) in [4.78, 5) is 4.03. The monoisotopic (exact) mass is 355 g/mol. The Morgan fingerprint density at radius 3 is 2.73 bits per heavy atom. The Balaban J connectivity index is 1.69. The van der Waals surface area contributed by atoms with Gasteiger partial charge in [-0.3, -0.25) is 4.90 Å². The number of rotatable bonds is 4. The van der Waals surface area contributed by atoms with Crippen LogP contribution in [0.4, 0.5) is 0 Å². The molecule has 1 aromatic carbocycles. The third-order valence-corrected chi connectivity index (χ3v) is 7.18. The highest BCUT2D eigenvalue weighted by atomic mass is 35.5. The first kappa shape index (κ1) is 16.0. The molecule has 118 valence electrons. The number of hydrogen-bond acceptors (Lipinski definition) is 4. The lowest BCUT2D eigenvalue weighted by Crippen LogP contribution is -2.36. The van der Waals surface area contributed by atoms with Crippen molar-refractivity contribution in [2.75, 3.05) is 18.8 Å². The van der Waals surface area contributed by atoms with E-state index in [2.05, 4.69) is 23.3 Å². The number of hydrogen-bond donors (Lipinski definition) is 0. The van der Waals surface area contributed by atoms with Gasteiger partial charge in [-0.15, -0.1) is 11.3 Å². The summed E-state index contributed by atoms with van der Waals surface area (Å²) in [5, 5.41) is 2.67. The van der Waals surface area contributed by atoms with Crippen LogP contribution in [0.5, 0.6) is 0 Å². The molecule has 2 heterocycles. The molecule has 1 aromatic heterocycles. The summed E-state index contributed by atoms with van der Waals surface area (Å²) >= 11 is 7.61. The Morgan fingerprint density at radius 2 is 2.00 bits per heavy atom. The van der Waals surface area contributed by atoms with Gasteiger partial charge in [-0.2, -0.15) is 0 Å². The Bertz CT molecular complexity index is 753. The summed E-state index contributed by atoms with van der Waals surface area (Å²) in [5.41, 5.74) is 1.35. The highest BCUT2D eigenvalue weighted by molar-refractivity contribution is 7.91. The molecule has 1 unspecified atom stereocenters. The lowest BCUT2D eigenvalue weighted by atomic mass is 10.0. The summed E-state index contributed by atoms with van der Waals surface area (Å²) in [7, 11) is -3.26. The van der Waals surface area contributed by atoms with Gasteiger partial charge < -0.3 is 0 Å². The SMILES string of the molecule is CC1c2ccsc2CCN1CCS(=O)(=O)c1ccc(Cl)cc1. The molecule has 0 N–H and O–H groups in total. The van der Waals surface area contributed by atoms with Crippen LogP contribution in [0.15, 0.2) is 40.6 Å². The van der Waals surface area contributed by atoms with Gasteiger partial charge in [-0.05, 0) is 54.6 Å². The van der Waals surface area contributed by atoms with Crippen LogP contribution < -0.4 is 0 Å². The van der Waals surface area contributed by atoms with Crippen LogP contribution in [0.2, 0.25) is 5.02 Å². The third kappa shape index (κ3) is 3.23. The lowest BCUT2D eigenvalue weighted by Gasteiger charge is -2.33. The maximum atomic E-state index is 12.4. The maximum Gasteiger partial charge on any atom is 0.179 e. The van der Waals surface area contributed by atoms with E-state index >= 15 is 0 Å². The second kappa shape index (κ2) is 6.32. The minimum atomic E-state index is -3.26. The summed E-state index contributed by atoms with van der Waals surface area (Å²) in [6.45, 7) is 3.63. The Labute approximate surface area is 140 Å². The van der Waals surface area contributed by atoms with Gasteiger partial charge in [0.25, 0.3) is 0 Å². The third-order valence-electron chi connectivity index (χ3n) is 4.22. The fourth-order valence-corrected chi connectivity index (χ4v) is 5.21. The molecular formula is C16H18ClNO2S2. The lowest BCUT2D eigenvalue weighted by molar-refractivity contribution is 0.212. The molecule has 0 fully saturated rings. The van der Waals surface area contributed by atoms with Crippen molar-refractivity contribution in [3.05, 3.63) is 51.2 Å². The zero-order valence-electron chi connectivity index (χ0n) is 12.3. The van der Waals surface area contributed by atoms with Crippen LogP contribution in [0, 0.1) is 0 Å². The van der Waals surface area contributed by atoms with Crippen molar-refractivity contribution < 1.29 is 8.42 Å². The molecule has 0 saturated carbocycles. The zero-order valence-corrected chi connectivity index (χ0v) is 14.7. The Morgan fingerprint density at radius 1 is 1.27 bits per heavy atom. The van der Waals surface area contributed by atoms with Crippen LogP contribution >= 0.6 is 22.9 Å². The van der Waals surface area contributed by atoms with Gasteiger partial charge in [-0.1, -0.05) is 11.6 Å². The number of nitrogens with zero attached hydrogens (tertiary/aromatic N) is 1. The van der Waals surface area contributed by atoms with E-state index in [1.54, 1.807) is 35.6 Å². The van der Waals surface area contributed by atoms with Crippen LogP contribution in [0.25, 0.3) is 0 Å². The van der Waals surface area contributed by atoms with Gasteiger partial charge in [0.15, 0.2) is 9.84 Å². The predicted molar refractivity (Wildman–Crippen MR) is 91.5 cm³/mol. The largest absolute Gasteiger partial charge is 0.295 e. The van der Waals surface area contributed by atoms with Crippen LogP contribution in [0.3, 0.4) is 0 Å². The molecule has 1 aliphatic rings. The average molecular weight is 356 g/mol. The molecule has 0 bridgehead atoms. The molecule has 0 amide bonds. The van der Waals surface area contributed by atoms with E-state index in [9.17, 15) is 8.42 Å². The fraction of sp³-hybridized carbons (Fsp3) is 0.375. The molecule has 22 heavy (non-hydrogen) atoms. The van der Waals surface area contributed by atoms with Crippen LogP contribution in [0.1, 0.15) is 23.4 Å². The second-order valence-corrected chi connectivity index (χ2v) is 9.08. The van der Waals surface area contributed by atoms with Crippen molar-refractivity contribution in [1.82, 2.24) is 4.90 Å². The minimum Gasteiger partial charge on any atom is -0.295 e. The molecule has 0 saturated heterocycles. The van der Waals surface area contributed by atoms with Crippen LogP contribution in [-0.4, -0.2) is 32.2 Å². The van der Waals surface area contributed by atoms with E-state index in [1.807, 2.05) is 0 Å². The quantitative estimate of drug-likeness (QED) is 0.837. The number of benzene rings is 1. The highest BCUT2D eigenvalue weighted by Gasteiger charge is 2.26. The second-order valence-electron chi connectivity index (χ2n) is 5.53. The molecule has 3 rings (SSSR count). The summed E-state index contributed by atoms with van der Waals surface area (Å²) in [5.74, 6) is 0.137. The molecule has 0 radical (unpaired) electrons. The molecule has 1 aliphatic heterocycles. The molecule has 2 aromatic rings. The van der Waals surface area contributed by atoms with Crippen molar-refractivity contribution >= 4 is 32.8 Å². The topological polar surface area (TPSA) is 37.4 Å². The van der Waals surface area contributed by atoms with E-state index in [4.69, 9.17) is 11.6 Å².